The zero-order valence-corrected chi connectivity index (χ0v) is 16.5. The SMILES string of the molecule is CC(=O)Nc1ccc(-c2nnc(SCc3c(Cl)cccc3Cl)n2C)cc1. The van der Waals surface area contributed by atoms with E-state index in [1.807, 2.05) is 54.1 Å². The van der Waals surface area contributed by atoms with Gasteiger partial charge in [0, 0.05) is 41.0 Å². The van der Waals surface area contributed by atoms with E-state index in [2.05, 4.69) is 15.5 Å². The van der Waals surface area contributed by atoms with Gasteiger partial charge in [-0.2, -0.15) is 0 Å². The molecular weight excluding hydrogens is 391 g/mol. The van der Waals surface area contributed by atoms with E-state index in [-0.39, 0.29) is 5.91 Å². The highest BCUT2D eigenvalue weighted by Gasteiger charge is 2.13. The Morgan fingerprint density at radius 1 is 1.12 bits per heavy atom. The average molecular weight is 407 g/mol. The van der Waals surface area contributed by atoms with E-state index in [1.54, 1.807) is 0 Å². The third kappa shape index (κ3) is 4.20. The monoisotopic (exact) mass is 406 g/mol. The molecule has 0 unspecified atom stereocenters. The Morgan fingerprint density at radius 2 is 1.77 bits per heavy atom. The number of rotatable bonds is 5. The third-order valence-corrected chi connectivity index (χ3v) is 5.46. The fourth-order valence-electron chi connectivity index (χ4n) is 2.40. The lowest BCUT2D eigenvalue weighted by Crippen LogP contribution is -2.05. The Balaban J connectivity index is 1.76. The summed E-state index contributed by atoms with van der Waals surface area (Å²) >= 11 is 14.0. The molecule has 0 bridgehead atoms. The maximum atomic E-state index is 11.1. The Bertz CT molecular complexity index is 921. The van der Waals surface area contributed by atoms with Gasteiger partial charge in [-0.3, -0.25) is 4.79 Å². The third-order valence-electron chi connectivity index (χ3n) is 3.71. The van der Waals surface area contributed by atoms with Crippen LogP contribution in [-0.4, -0.2) is 20.7 Å². The molecule has 5 nitrogen and oxygen atoms in total. The lowest BCUT2D eigenvalue weighted by Gasteiger charge is -2.07. The van der Waals surface area contributed by atoms with Gasteiger partial charge in [-0.1, -0.05) is 41.0 Å². The van der Waals surface area contributed by atoms with Gasteiger partial charge >= 0.3 is 0 Å². The largest absolute Gasteiger partial charge is 0.326 e. The van der Waals surface area contributed by atoms with Crippen LogP contribution in [0.4, 0.5) is 5.69 Å². The van der Waals surface area contributed by atoms with Crippen molar-refractivity contribution in [2.45, 2.75) is 17.8 Å². The van der Waals surface area contributed by atoms with Crippen molar-refractivity contribution in [2.24, 2.45) is 7.05 Å². The number of aromatic nitrogens is 3. The van der Waals surface area contributed by atoms with Crippen molar-refractivity contribution in [1.29, 1.82) is 0 Å². The van der Waals surface area contributed by atoms with Gasteiger partial charge in [-0.15, -0.1) is 10.2 Å². The molecule has 2 aromatic carbocycles. The van der Waals surface area contributed by atoms with Crippen molar-refractivity contribution < 1.29 is 4.79 Å². The van der Waals surface area contributed by atoms with E-state index < -0.39 is 0 Å². The number of nitrogens with one attached hydrogen (secondary N) is 1. The van der Waals surface area contributed by atoms with Crippen molar-refractivity contribution in [3.63, 3.8) is 0 Å². The number of carbonyl (C=O) groups is 1. The quantitative estimate of drug-likeness (QED) is 0.602. The van der Waals surface area contributed by atoms with Crippen LogP contribution in [0.1, 0.15) is 12.5 Å². The zero-order chi connectivity index (χ0) is 18.7. The lowest BCUT2D eigenvalue weighted by atomic mass is 10.2. The highest BCUT2D eigenvalue weighted by molar-refractivity contribution is 7.98. The van der Waals surface area contributed by atoms with Gasteiger partial charge in [0.05, 0.1) is 0 Å². The van der Waals surface area contributed by atoms with Gasteiger partial charge in [-0.25, -0.2) is 0 Å². The highest BCUT2D eigenvalue weighted by Crippen LogP contribution is 2.32. The minimum Gasteiger partial charge on any atom is -0.326 e. The molecule has 0 radical (unpaired) electrons. The smallest absolute Gasteiger partial charge is 0.221 e. The normalized spacial score (nSPS) is 10.8. The summed E-state index contributed by atoms with van der Waals surface area (Å²) in [5, 5.41) is 13.3. The first-order chi connectivity index (χ1) is 12.5. The Labute approximate surface area is 165 Å². The van der Waals surface area contributed by atoms with Crippen molar-refractivity contribution in [1.82, 2.24) is 14.8 Å². The van der Waals surface area contributed by atoms with E-state index in [0.29, 0.717) is 15.8 Å². The summed E-state index contributed by atoms with van der Waals surface area (Å²) in [5.41, 5.74) is 2.54. The van der Waals surface area contributed by atoms with Crippen LogP contribution in [0.15, 0.2) is 47.6 Å². The van der Waals surface area contributed by atoms with Crippen LogP contribution in [0.5, 0.6) is 0 Å². The molecule has 0 aliphatic rings. The summed E-state index contributed by atoms with van der Waals surface area (Å²) < 4.78 is 1.92. The van der Waals surface area contributed by atoms with Crippen LogP contribution in [0.25, 0.3) is 11.4 Å². The molecule has 1 aromatic heterocycles. The number of thioether (sulfide) groups is 1. The van der Waals surface area contributed by atoms with Crippen molar-refractivity contribution >= 4 is 46.6 Å². The van der Waals surface area contributed by atoms with Gasteiger partial charge in [-0.05, 0) is 42.0 Å². The van der Waals surface area contributed by atoms with Crippen LogP contribution in [-0.2, 0) is 17.6 Å². The number of carbonyl (C=O) groups excluding carboxylic acids is 1. The van der Waals surface area contributed by atoms with E-state index in [0.717, 1.165) is 27.8 Å². The molecule has 3 rings (SSSR count). The summed E-state index contributed by atoms with van der Waals surface area (Å²) in [7, 11) is 1.91. The number of hydrogen-bond donors (Lipinski definition) is 1. The minimum absolute atomic E-state index is 0.103. The molecule has 0 saturated carbocycles. The maximum absolute atomic E-state index is 11.1. The lowest BCUT2D eigenvalue weighted by molar-refractivity contribution is -0.114. The molecule has 0 spiro atoms. The van der Waals surface area contributed by atoms with E-state index in [1.165, 1.54) is 18.7 Å². The molecule has 1 N–H and O–H groups in total. The number of hydrogen-bond acceptors (Lipinski definition) is 4. The van der Waals surface area contributed by atoms with Gasteiger partial charge < -0.3 is 9.88 Å². The second-order valence-electron chi connectivity index (χ2n) is 5.61. The first kappa shape index (κ1) is 18.8. The minimum atomic E-state index is -0.103. The van der Waals surface area contributed by atoms with Crippen LogP contribution in [0.2, 0.25) is 10.0 Å². The molecule has 0 aliphatic heterocycles. The summed E-state index contributed by atoms with van der Waals surface area (Å²) in [5.74, 6) is 1.24. The highest BCUT2D eigenvalue weighted by atomic mass is 35.5. The van der Waals surface area contributed by atoms with Crippen LogP contribution >= 0.6 is 35.0 Å². The topological polar surface area (TPSA) is 59.8 Å². The van der Waals surface area contributed by atoms with E-state index in [9.17, 15) is 4.79 Å². The molecule has 0 fully saturated rings. The van der Waals surface area contributed by atoms with Gasteiger partial charge in [0.25, 0.3) is 0 Å². The van der Waals surface area contributed by atoms with E-state index >= 15 is 0 Å². The number of benzene rings is 2. The Morgan fingerprint density at radius 3 is 2.38 bits per heavy atom. The number of nitrogens with zero attached hydrogens (tertiary/aromatic N) is 3. The molecule has 0 atom stereocenters. The Hall–Kier alpha value is -2.02. The number of amides is 1. The van der Waals surface area contributed by atoms with Gasteiger partial charge in [0.2, 0.25) is 5.91 Å². The molecule has 1 heterocycles. The first-order valence-electron chi connectivity index (χ1n) is 7.79. The van der Waals surface area contributed by atoms with Gasteiger partial charge in [0.15, 0.2) is 11.0 Å². The van der Waals surface area contributed by atoms with Crippen LogP contribution in [0, 0.1) is 0 Å². The van der Waals surface area contributed by atoms with Crippen LogP contribution in [0.3, 0.4) is 0 Å². The maximum Gasteiger partial charge on any atom is 0.221 e. The molecule has 0 aliphatic carbocycles. The fourth-order valence-corrected chi connectivity index (χ4v) is 4.06. The molecule has 26 heavy (non-hydrogen) atoms. The number of anilines is 1. The standard InChI is InChI=1S/C18H16Cl2N4OS/c1-11(25)21-13-8-6-12(7-9-13)17-22-23-18(24(17)2)26-10-14-15(19)4-3-5-16(14)20/h3-9H,10H2,1-2H3,(H,21,25). The molecule has 0 saturated heterocycles. The molecule has 1 amide bonds. The summed E-state index contributed by atoms with van der Waals surface area (Å²) in [6.45, 7) is 1.48. The molecular formula is C18H16Cl2N4OS. The second kappa shape index (κ2) is 8.12. The predicted molar refractivity (Wildman–Crippen MR) is 107 cm³/mol. The summed E-state index contributed by atoms with van der Waals surface area (Å²) in [6, 6.07) is 12.9. The zero-order valence-electron chi connectivity index (χ0n) is 14.2. The van der Waals surface area contributed by atoms with E-state index in [4.69, 9.17) is 23.2 Å². The van der Waals surface area contributed by atoms with Crippen LogP contribution < -0.4 is 5.32 Å². The fraction of sp³-hybridized carbons (Fsp3) is 0.167. The Kier molecular flexibility index (Phi) is 5.86. The summed E-state index contributed by atoms with van der Waals surface area (Å²) in [6.07, 6.45) is 0. The van der Waals surface area contributed by atoms with Crippen molar-refractivity contribution in [3.05, 3.63) is 58.1 Å². The number of halogens is 2. The van der Waals surface area contributed by atoms with Crippen molar-refractivity contribution in [2.75, 3.05) is 5.32 Å². The van der Waals surface area contributed by atoms with Gasteiger partial charge in [0.1, 0.15) is 0 Å². The molecule has 3 aromatic rings. The first-order valence-corrected chi connectivity index (χ1v) is 9.53. The summed E-state index contributed by atoms with van der Waals surface area (Å²) in [4.78, 5) is 11.1. The predicted octanol–water partition coefficient (Wildman–Crippen LogP) is 5.04. The van der Waals surface area contributed by atoms with Crippen molar-refractivity contribution in [3.8, 4) is 11.4 Å². The molecule has 134 valence electrons. The molecule has 8 heteroatoms. The second-order valence-corrected chi connectivity index (χ2v) is 7.37. The average Bonchev–Trinajstić information content (AvgIpc) is 2.95.